The molecular weight excluding hydrogens is 280 g/mol. The van der Waals surface area contributed by atoms with Crippen LogP contribution in [0.3, 0.4) is 0 Å². The van der Waals surface area contributed by atoms with Crippen LogP contribution in [0.25, 0.3) is 0 Å². The molecule has 0 saturated carbocycles. The molecule has 0 aliphatic rings. The lowest BCUT2D eigenvalue weighted by molar-refractivity contribution is -0.122. The van der Waals surface area contributed by atoms with Gasteiger partial charge in [-0.05, 0) is 45.7 Å². The number of rotatable bonds is 6. The topological polar surface area (TPSA) is 68.3 Å². The van der Waals surface area contributed by atoms with Crippen LogP contribution >= 0.6 is 0 Å². The summed E-state index contributed by atoms with van der Waals surface area (Å²) in [5, 5.41) is 2.62. The van der Waals surface area contributed by atoms with E-state index in [1.54, 1.807) is 26.8 Å². The Morgan fingerprint density at radius 2 is 1.95 bits per heavy atom. The molecule has 5 heteroatoms. The Morgan fingerprint density at radius 3 is 2.50 bits per heavy atom. The molecule has 1 aromatic rings. The van der Waals surface area contributed by atoms with Gasteiger partial charge in [-0.1, -0.05) is 19.9 Å². The summed E-state index contributed by atoms with van der Waals surface area (Å²) in [5.74, 6) is 0.662. The number of aromatic nitrogens is 1. The number of carbonyl (C=O) groups is 2. The highest BCUT2D eigenvalue weighted by Gasteiger charge is 2.18. The van der Waals surface area contributed by atoms with Gasteiger partial charge in [0.1, 0.15) is 17.2 Å². The van der Waals surface area contributed by atoms with Gasteiger partial charge in [0.15, 0.2) is 0 Å². The van der Waals surface area contributed by atoms with Crippen LogP contribution in [0.2, 0.25) is 0 Å². The number of hydrogen-bond acceptors (Lipinski definition) is 4. The van der Waals surface area contributed by atoms with Crippen LogP contribution in [0.1, 0.15) is 53.2 Å². The minimum Gasteiger partial charge on any atom is -0.444 e. The highest BCUT2D eigenvalue weighted by atomic mass is 16.6. The van der Waals surface area contributed by atoms with Crippen LogP contribution in [0.5, 0.6) is 0 Å². The molecule has 0 spiro atoms. The molecule has 0 radical (unpaired) electrons. The van der Waals surface area contributed by atoms with Crippen molar-refractivity contribution in [2.45, 2.75) is 59.5 Å². The third-order valence-electron chi connectivity index (χ3n) is 3.19. The van der Waals surface area contributed by atoms with E-state index >= 15 is 0 Å². The van der Waals surface area contributed by atoms with Crippen molar-refractivity contribution in [3.05, 3.63) is 23.9 Å². The van der Waals surface area contributed by atoms with E-state index in [9.17, 15) is 9.59 Å². The molecule has 1 unspecified atom stereocenters. The SMILES string of the molecule is CCC(=O)C(CC)Cc1cccc(NC(=O)OC(C)(C)C)n1. The number of anilines is 1. The Hall–Kier alpha value is -1.91. The van der Waals surface area contributed by atoms with Crippen molar-refractivity contribution in [2.75, 3.05) is 5.32 Å². The minimum atomic E-state index is -0.553. The average molecular weight is 306 g/mol. The monoisotopic (exact) mass is 306 g/mol. The second-order valence-electron chi connectivity index (χ2n) is 6.27. The molecule has 0 aliphatic heterocycles. The van der Waals surface area contributed by atoms with Crippen LogP contribution in [-0.4, -0.2) is 22.5 Å². The number of hydrogen-bond donors (Lipinski definition) is 1. The third kappa shape index (κ3) is 6.24. The van der Waals surface area contributed by atoms with Crippen LogP contribution in [0, 0.1) is 5.92 Å². The number of carbonyl (C=O) groups excluding carboxylic acids is 2. The van der Waals surface area contributed by atoms with Gasteiger partial charge in [0.25, 0.3) is 0 Å². The van der Waals surface area contributed by atoms with Crippen molar-refractivity contribution in [3.63, 3.8) is 0 Å². The van der Waals surface area contributed by atoms with Gasteiger partial charge in [-0.25, -0.2) is 9.78 Å². The van der Waals surface area contributed by atoms with Crippen molar-refractivity contribution in [1.29, 1.82) is 0 Å². The van der Waals surface area contributed by atoms with Crippen LogP contribution in [0.4, 0.5) is 10.6 Å². The summed E-state index contributed by atoms with van der Waals surface area (Å²) in [7, 11) is 0. The molecule has 1 rings (SSSR count). The fourth-order valence-electron chi connectivity index (χ4n) is 2.10. The number of pyridine rings is 1. The van der Waals surface area contributed by atoms with Gasteiger partial charge in [-0.2, -0.15) is 0 Å². The third-order valence-corrected chi connectivity index (χ3v) is 3.19. The first kappa shape index (κ1) is 18.1. The average Bonchev–Trinajstić information content (AvgIpc) is 2.42. The molecule has 5 nitrogen and oxygen atoms in total. The van der Waals surface area contributed by atoms with Crippen LogP contribution < -0.4 is 5.32 Å². The predicted molar refractivity (Wildman–Crippen MR) is 86.9 cm³/mol. The molecular formula is C17H26N2O3. The molecule has 1 amide bonds. The maximum Gasteiger partial charge on any atom is 0.413 e. The van der Waals surface area contributed by atoms with E-state index in [4.69, 9.17) is 4.74 Å². The summed E-state index contributed by atoms with van der Waals surface area (Å²) in [6.45, 7) is 9.29. The van der Waals surface area contributed by atoms with Gasteiger partial charge in [-0.3, -0.25) is 10.1 Å². The van der Waals surface area contributed by atoms with Gasteiger partial charge >= 0.3 is 6.09 Å². The fraction of sp³-hybridized carbons (Fsp3) is 0.588. The van der Waals surface area contributed by atoms with Crippen molar-refractivity contribution in [1.82, 2.24) is 4.98 Å². The molecule has 0 bridgehead atoms. The second-order valence-corrected chi connectivity index (χ2v) is 6.27. The van der Waals surface area contributed by atoms with E-state index in [-0.39, 0.29) is 11.7 Å². The van der Waals surface area contributed by atoms with Crippen LogP contribution in [-0.2, 0) is 16.0 Å². The maximum absolute atomic E-state index is 11.8. The fourth-order valence-corrected chi connectivity index (χ4v) is 2.10. The summed E-state index contributed by atoms with van der Waals surface area (Å²) in [6, 6.07) is 5.39. The largest absolute Gasteiger partial charge is 0.444 e. The van der Waals surface area contributed by atoms with Crippen molar-refractivity contribution in [2.24, 2.45) is 5.92 Å². The Morgan fingerprint density at radius 1 is 1.27 bits per heavy atom. The number of amides is 1. The first-order valence-corrected chi connectivity index (χ1v) is 7.73. The Balaban J connectivity index is 2.73. The van der Waals surface area contributed by atoms with Gasteiger partial charge in [0.05, 0.1) is 0 Å². The Kier molecular flexibility index (Phi) is 6.53. The molecule has 0 saturated heterocycles. The first-order chi connectivity index (χ1) is 10.2. The molecule has 22 heavy (non-hydrogen) atoms. The quantitative estimate of drug-likeness (QED) is 0.863. The molecule has 1 N–H and O–H groups in total. The second kappa shape index (κ2) is 7.92. The molecule has 1 atom stereocenters. The smallest absolute Gasteiger partial charge is 0.413 e. The van der Waals surface area contributed by atoms with E-state index in [0.29, 0.717) is 18.7 Å². The van der Waals surface area contributed by atoms with Gasteiger partial charge in [0, 0.05) is 18.0 Å². The summed E-state index contributed by atoms with van der Waals surface area (Å²) in [5.41, 5.74) is 0.241. The molecule has 0 aliphatic carbocycles. The van der Waals surface area contributed by atoms with E-state index in [0.717, 1.165) is 12.1 Å². The van der Waals surface area contributed by atoms with E-state index in [1.807, 2.05) is 26.0 Å². The summed E-state index contributed by atoms with van der Waals surface area (Å²) < 4.78 is 5.20. The zero-order chi connectivity index (χ0) is 16.8. The van der Waals surface area contributed by atoms with Crippen molar-refractivity contribution < 1.29 is 14.3 Å². The van der Waals surface area contributed by atoms with E-state index in [1.165, 1.54) is 0 Å². The molecule has 122 valence electrons. The van der Waals surface area contributed by atoms with Crippen molar-refractivity contribution in [3.8, 4) is 0 Å². The lowest BCUT2D eigenvalue weighted by Crippen LogP contribution is -2.27. The summed E-state index contributed by atoms with van der Waals surface area (Å²) in [6.07, 6.45) is 1.38. The molecule has 1 aromatic heterocycles. The molecule has 0 fully saturated rings. The lowest BCUT2D eigenvalue weighted by atomic mass is 9.94. The summed E-state index contributed by atoms with van der Waals surface area (Å²) >= 11 is 0. The molecule has 1 heterocycles. The Bertz CT molecular complexity index is 521. The van der Waals surface area contributed by atoms with Crippen molar-refractivity contribution >= 4 is 17.7 Å². The number of ether oxygens (including phenoxy) is 1. The summed E-state index contributed by atoms with van der Waals surface area (Å²) in [4.78, 5) is 28.0. The number of Topliss-reactive ketones (excluding diaryl/α,β-unsaturated/α-hetero) is 1. The molecule has 0 aromatic carbocycles. The zero-order valence-electron chi connectivity index (χ0n) is 14.1. The zero-order valence-corrected chi connectivity index (χ0v) is 14.1. The predicted octanol–water partition coefficient (Wildman–Crippen LogP) is 3.98. The number of nitrogens with one attached hydrogen (secondary N) is 1. The standard InChI is InChI=1S/C17H26N2O3/c1-6-12(14(20)7-2)11-13-9-8-10-15(18-13)19-16(21)22-17(3,4)5/h8-10,12H,6-7,11H2,1-5H3,(H,18,19,21). The van der Waals surface area contributed by atoms with E-state index in [2.05, 4.69) is 10.3 Å². The van der Waals surface area contributed by atoms with Gasteiger partial charge in [0.2, 0.25) is 0 Å². The van der Waals surface area contributed by atoms with Gasteiger partial charge < -0.3 is 4.74 Å². The van der Waals surface area contributed by atoms with Gasteiger partial charge in [-0.15, -0.1) is 0 Å². The maximum atomic E-state index is 11.8. The minimum absolute atomic E-state index is 0.0192. The van der Waals surface area contributed by atoms with Crippen LogP contribution in [0.15, 0.2) is 18.2 Å². The lowest BCUT2D eigenvalue weighted by Gasteiger charge is -2.19. The Labute approximate surface area is 132 Å². The highest BCUT2D eigenvalue weighted by Crippen LogP contribution is 2.16. The normalized spacial score (nSPS) is 12.6. The first-order valence-electron chi connectivity index (χ1n) is 7.73. The number of nitrogens with zero attached hydrogens (tertiary/aromatic N) is 1. The number of ketones is 1. The van der Waals surface area contributed by atoms with E-state index < -0.39 is 11.7 Å². The highest BCUT2D eigenvalue weighted by molar-refractivity contribution is 5.83.